The molecule has 0 saturated heterocycles. The molecule has 0 atom stereocenters. The summed E-state index contributed by atoms with van der Waals surface area (Å²) in [5, 5.41) is 7.69. The van der Waals surface area contributed by atoms with Crippen molar-refractivity contribution in [2.24, 2.45) is 0 Å². The average Bonchev–Trinajstić information content (AvgIpc) is 3.31. The molecule has 178 valence electrons. The minimum absolute atomic E-state index is 0.269. The van der Waals surface area contributed by atoms with Crippen LogP contribution in [0.3, 0.4) is 0 Å². The highest BCUT2D eigenvalue weighted by molar-refractivity contribution is 6.32. The minimum atomic E-state index is -0.408. The van der Waals surface area contributed by atoms with Crippen molar-refractivity contribution in [2.75, 3.05) is 12.4 Å². The van der Waals surface area contributed by atoms with E-state index in [-0.39, 0.29) is 12.5 Å². The Hall–Kier alpha value is -4.10. The summed E-state index contributed by atoms with van der Waals surface area (Å²) < 4.78 is 12.3. The first-order chi connectivity index (χ1) is 16.9. The second-order valence-electron chi connectivity index (χ2n) is 7.95. The van der Waals surface area contributed by atoms with Crippen LogP contribution >= 0.6 is 11.6 Å². The topological polar surface area (TPSA) is 82.5 Å². The molecule has 1 N–H and O–H groups in total. The lowest BCUT2D eigenvalue weighted by Crippen LogP contribution is -2.12. The highest BCUT2D eigenvalue weighted by Crippen LogP contribution is 2.26. The Kier molecular flexibility index (Phi) is 7.48. The molecule has 4 rings (SSSR count). The number of hydrogen-bond donors (Lipinski definition) is 1. The molecule has 0 aliphatic rings. The molecule has 1 aromatic heterocycles. The van der Waals surface area contributed by atoms with E-state index in [2.05, 4.69) is 10.4 Å². The van der Waals surface area contributed by atoms with E-state index in [4.69, 9.17) is 21.1 Å². The fourth-order valence-electron chi connectivity index (χ4n) is 3.54. The maximum absolute atomic E-state index is 12.8. The summed E-state index contributed by atoms with van der Waals surface area (Å²) in [6.45, 7) is 2.60. The number of nitrogens with one attached hydrogen (secondary N) is 1. The lowest BCUT2D eigenvalue weighted by Gasteiger charge is -2.10. The normalized spacial score (nSPS) is 10.6. The van der Waals surface area contributed by atoms with Crippen LogP contribution in [0, 0.1) is 6.92 Å². The number of aryl methyl sites for hydroxylation is 1. The van der Waals surface area contributed by atoms with E-state index in [0.29, 0.717) is 34.1 Å². The van der Waals surface area contributed by atoms with Crippen molar-refractivity contribution in [1.82, 2.24) is 9.78 Å². The molecule has 0 unspecified atom stereocenters. The first kappa shape index (κ1) is 24.0. The van der Waals surface area contributed by atoms with Crippen molar-refractivity contribution in [3.8, 4) is 5.75 Å². The molecule has 0 radical (unpaired) electrons. The van der Waals surface area contributed by atoms with Crippen molar-refractivity contribution in [3.05, 3.63) is 112 Å². The third kappa shape index (κ3) is 6.07. The van der Waals surface area contributed by atoms with Crippen LogP contribution in [0.1, 0.15) is 37.4 Å². The number of anilines is 1. The minimum Gasteiger partial charge on any atom is -0.487 e. The second kappa shape index (κ2) is 10.9. The van der Waals surface area contributed by atoms with Gasteiger partial charge in [0, 0.05) is 11.8 Å². The van der Waals surface area contributed by atoms with Crippen molar-refractivity contribution < 1.29 is 19.1 Å². The van der Waals surface area contributed by atoms with E-state index in [1.807, 2.05) is 37.3 Å². The van der Waals surface area contributed by atoms with Crippen LogP contribution in [-0.2, 0) is 17.9 Å². The van der Waals surface area contributed by atoms with Crippen LogP contribution in [-0.4, -0.2) is 28.8 Å². The van der Waals surface area contributed by atoms with Crippen LogP contribution in [0.25, 0.3) is 0 Å². The zero-order chi connectivity index (χ0) is 24.8. The number of carbonyl (C=O) groups is 2. The molecule has 4 aromatic rings. The number of amides is 1. The number of esters is 1. The molecule has 0 aliphatic heterocycles. The van der Waals surface area contributed by atoms with Crippen molar-refractivity contribution >= 4 is 29.2 Å². The first-order valence-corrected chi connectivity index (χ1v) is 11.3. The van der Waals surface area contributed by atoms with Crippen LogP contribution in [0.4, 0.5) is 5.69 Å². The number of halogens is 1. The highest BCUT2D eigenvalue weighted by Gasteiger charge is 2.13. The third-order valence-electron chi connectivity index (χ3n) is 5.32. The fraction of sp³-hybridized carbons (Fsp3) is 0.148. The molecule has 3 aromatic carbocycles. The van der Waals surface area contributed by atoms with Gasteiger partial charge in [0.1, 0.15) is 12.4 Å². The molecule has 0 bridgehead atoms. The van der Waals surface area contributed by atoms with Gasteiger partial charge in [-0.05, 0) is 53.9 Å². The van der Waals surface area contributed by atoms with Gasteiger partial charge in [-0.1, -0.05) is 48.0 Å². The van der Waals surface area contributed by atoms with Gasteiger partial charge in [-0.15, -0.1) is 0 Å². The lowest BCUT2D eigenvalue weighted by atomic mass is 10.1. The fourth-order valence-corrected chi connectivity index (χ4v) is 3.72. The summed E-state index contributed by atoms with van der Waals surface area (Å²) >= 11 is 6.20. The predicted octanol–water partition coefficient (Wildman–Crippen LogP) is 5.51. The van der Waals surface area contributed by atoms with Gasteiger partial charge in [0.15, 0.2) is 0 Å². The molecule has 0 saturated carbocycles. The lowest BCUT2D eigenvalue weighted by molar-refractivity contribution is 0.0599. The Labute approximate surface area is 208 Å². The van der Waals surface area contributed by atoms with Crippen LogP contribution < -0.4 is 10.1 Å². The van der Waals surface area contributed by atoms with Gasteiger partial charge in [-0.25, -0.2) is 4.79 Å². The Morgan fingerprint density at radius 2 is 1.89 bits per heavy atom. The van der Waals surface area contributed by atoms with Gasteiger partial charge in [0.05, 0.1) is 36.1 Å². The number of aromatic nitrogens is 2. The molecule has 8 heteroatoms. The highest BCUT2D eigenvalue weighted by atomic mass is 35.5. The van der Waals surface area contributed by atoms with Gasteiger partial charge in [0.2, 0.25) is 0 Å². The number of rotatable bonds is 8. The van der Waals surface area contributed by atoms with Crippen molar-refractivity contribution in [1.29, 1.82) is 0 Å². The van der Waals surface area contributed by atoms with Crippen LogP contribution in [0.15, 0.2) is 79.1 Å². The summed E-state index contributed by atoms with van der Waals surface area (Å²) in [6.07, 6.45) is 3.27. The second-order valence-corrected chi connectivity index (χ2v) is 8.36. The number of nitrogens with zero attached hydrogens (tertiary/aromatic N) is 2. The molecular formula is C27H24ClN3O4. The molecule has 1 amide bonds. The molecule has 0 aliphatic carbocycles. The molecule has 1 heterocycles. The zero-order valence-electron chi connectivity index (χ0n) is 19.3. The Bertz CT molecular complexity index is 1370. The van der Waals surface area contributed by atoms with Gasteiger partial charge in [0.25, 0.3) is 5.91 Å². The monoisotopic (exact) mass is 489 g/mol. The summed E-state index contributed by atoms with van der Waals surface area (Å²) in [7, 11) is 1.35. The number of ether oxygens (including phenoxy) is 2. The van der Waals surface area contributed by atoms with Gasteiger partial charge in [-0.2, -0.15) is 5.10 Å². The number of carbonyl (C=O) groups excluding carboxylic acids is 2. The van der Waals surface area contributed by atoms with Gasteiger partial charge < -0.3 is 14.8 Å². The summed E-state index contributed by atoms with van der Waals surface area (Å²) in [6, 6.07) is 19.9. The zero-order valence-corrected chi connectivity index (χ0v) is 20.1. The summed E-state index contributed by atoms with van der Waals surface area (Å²) in [4.78, 5) is 24.8. The predicted molar refractivity (Wildman–Crippen MR) is 134 cm³/mol. The van der Waals surface area contributed by atoms with Crippen LogP contribution in [0.2, 0.25) is 5.02 Å². The van der Waals surface area contributed by atoms with Crippen LogP contribution in [0.5, 0.6) is 5.75 Å². The van der Waals surface area contributed by atoms with Crippen molar-refractivity contribution in [3.63, 3.8) is 0 Å². The Balaban J connectivity index is 1.40. The smallest absolute Gasteiger partial charge is 0.338 e. The van der Waals surface area contributed by atoms with E-state index in [1.165, 1.54) is 7.11 Å². The maximum Gasteiger partial charge on any atom is 0.338 e. The molecule has 0 spiro atoms. The Morgan fingerprint density at radius 1 is 1.06 bits per heavy atom. The number of hydrogen-bond acceptors (Lipinski definition) is 5. The largest absolute Gasteiger partial charge is 0.487 e. The van der Waals surface area contributed by atoms with Crippen molar-refractivity contribution in [2.45, 2.75) is 20.1 Å². The molecule has 7 nitrogen and oxygen atoms in total. The van der Waals surface area contributed by atoms with E-state index < -0.39 is 5.97 Å². The van der Waals surface area contributed by atoms with Gasteiger partial charge in [-0.3, -0.25) is 9.48 Å². The number of benzene rings is 3. The van der Waals surface area contributed by atoms with Gasteiger partial charge >= 0.3 is 5.97 Å². The van der Waals surface area contributed by atoms with E-state index in [1.54, 1.807) is 53.5 Å². The quantitative estimate of drug-likeness (QED) is 0.330. The SMILES string of the molecule is COC(=O)c1ccccc1Cn1cc(NC(=O)c2cccc(COc3cc(C)ccc3Cl)c2)cn1. The van der Waals surface area contributed by atoms with E-state index in [0.717, 1.165) is 16.7 Å². The van der Waals surface area contributed by atoms with E-state index >= 15 is 0 Å². The summed E-state index contributed by atoms with van der Waals surface area (Å²) in [5.41, 5.74) is 4.16. The summed E-state index contributed by atoms with van der Waals surface area (Å²) in [5.74, 6) is -0.0764. The standard InChI is InChI=1S/C27H24ClN3O4/c1-18-10-11-24(28)25(12-18)35-17-19-6-5-8-20(13-19)26(32)30-22-14-29-31(16-22)15-21-7-3-4-9-23(21)27(33)34-2/h3-14,16H,15,17H2,1-2H3,(H,30,32). The molecule has 0 fully saturated rings. The third-order valence-corrected chi connectivity index (χ3v) is 5.63. The molecular weight excluding hydrogens is 466 g/mol. The first-order valence-electron chi connectivity index (χ1n) is 10.9. The maximum atomic E-state index is 12.8. The average molecular weight is 490 g/mol. The number of methoxy groups -OCH3 is 1. The Morgan fingerprint density at radius 3 is 2.71 bits per heavy atom. The molecule has 35 heavy (non-hydrogen) atoms. The van der Waals surface area contributed by atoms with E-state index in [9.17, 15) is 9.59 Å².